The predicted molar refractivity (Wildman–Crippen MR) is 82.3 cm³/mol. The first-order valence-corrected chi connectivity index (χ1v) is 8.14. The predicted octanol–water partition coefficient (Wildman–Crippen LogP) is 3.92. The number of thioether (sulfide) groups is 1. The lowest BCUT2D eigenvalue weighted by atomic mass is 9.90. The van der Waals surface area contributed by atoms with Gasteiger partial charge in [0.25, 0.3) is 0 Å². The van der Waals surface area contributed by atoms with Gasteiger partial charge in [-0.05, 0) is 36.0 Å². The SMILES string of the molecule is CC(C)C1(CNC2=NCC(CC(C)(C)C)S2)CC1. The zero-order chi connectivity index (χ0) is 13.4. The average Bonchev–Trinajstić information content (AvgIpc) is 2.91. The average molecular weight is 268 g/mol. The van der Waals surface area contributed by atoms with E-state index in [0.29, 0.717) is 16.1 Å². The zero-order valence-electron chi connectivity index (χ0n) is 12.5. The normalized spacial score (nSPS) is 26.3. The molecular formula is C15H28N2S. The van der Waals surface area contributed by atoms with E-state index in [9.17, 15) is 0 Å². The monoisotopic (exact) mass is 268 g/mol. The molecule has 1 aliphatic heterocycles. The molecule has 18 heavy (non-hydrogen) atoms. The number of aliphatic imine (C=N–C) groups is 1. The number of nitrogens with one attached hydrogen (secondary N) is 1. The van der Waals surface area contributed by atoms with Crippen molar-refractivity contribution < 1.29 is 0 Å². The second kappa shape index (κ2) is 5.07. The van der Waals surface area contributed by atoms with Crippen molar-refractivity contribution in [1.82, 2.24) is 5.32 Å². The molecule has 1 fully saturated rings. The quantitative estimate of drug-likeness (QED) is 0.835. The van der Waals surface area contributed by atoms with Gasteiger partial charge in [0.15, 0.2) is 5.17 Å². The second-order valence-electron chi connectivity index (χ2n) is 7.52. The molecule has 1 unspecified atom stereocenters. The largest absolute Gasteiger partial charge is 0.364 e. The van der Waals surface area contributed by atoms with E-state index in [1.54, 1.807) is 0 Å². The van der Waals surface area contributed by atoms with Gasteiger partial charge in [-0.3, -0.25) is 4.99 Å². The Hall–Kier alpha value is -0.180. The molecule has 0 spiro atoms. The number of amidine groups is 1. The number of hydrogen-bond acceptors (Lipinski definition) is 3. The molecule has 0 aromatic rings. The van der Waals surface area contributed by atoms with E-state index >= 15 is 0 Å². The standard InChI is InChI=1S/C15H28N2S/c1-11(2)15(6-7-15)10-17-13-16-9-12(18-13)8-14(3,4)5/h11-12H,6-10H2,1-5H3,(H,16,17). The molecule has 1 atom stereocenters. The minimum Gasteiger partial charge on any atom is -0.364 e. The first kappa shape index (κ1) is 14.2. The van der Waals surface area contributed by atoms with Gasteiger partial charge in [0, 0.05) is 11.8 Å². The molecule has 1 saturated carbocycles. The van der Waals surface area contributed by atoms with Gasteiger partial charge in [0.2, 0.25) is 0 Å². The summed E-state index contributed by atoms with van der Waals surface area (Å²) in [5, 5.41) is 5.47. The van der Waals surface area contributed by atoms with Gasteiger partial charge in [-0.15, -0.1) is 0 Å². The molecule has 0 saturated heterocycles. The van der Waals surface area contributed by atoms with Gasteiger partial charge in [-0.2, -0.15) is 0 Å². The first-order valence-electron chi connectivity index (χ1n) is 7.26. The van der Waals surface area contributed by atoms with Crippen LogP contribution in [0.25, 0.3) is 0 Å². The molecule has 104 valence electrons. The third-order valence-electron chi connectivity index (χ3n) is 4.27. The Balaban J connectivity index is 1.73. The lowest BCUT2D eigenvalue weighted by Gasteiger charge is -2.22. The van der Waals surface area contributed by atoms with Crippen LogP contribution in [0.3, 0.4) is 0 Å². The van der Waals surface area contributed by atoms with Crippen LogP contribution in [0.2, 0.25) is 0 Å². The molecule has 3 heteroatoms. The van der Waals surface area contributed by atoms with Crippen LogP contribution in [-0.4, -0.2) is 23.5 Å². The second-order valence-corrected chi connectivity index (χ2v) is 8.81. The lowest BCUT2D eigenvalue weighted by molar-refractivity contribution is 0.358. The Bertz CT molecular complexity index is 324. The summed E-state index contributed by atoms with van der Waals surface area (Å²) in [6, 6.07) is 0. The summed E-state index contributed by atoms with van der Waals surface area (Å²) in [6.45, 7) is 13.8. The van der Waals surface area contributed by atoms with Crippen LogP contribution in [0, 0.1) is 16.7 Å². The van der Waals surface area contributed by atoms with Crippen molar-refractivity contribution in [3.63, 3.8) is 0 Å². The van der Waals surface area contributed by atoms with Gasteiger partial charge < -0.3 is 5.32 Å². The van der Waals surface area contributed by atoms with Crippen LogP contribution in [0.15, 0.2) is 4.99 Å². The van der Waals surface area contributed by atoms with E-state index in [1.165, 1.54) is 24.4 Å². The molecule has 0 bridgehead atoms. The van der Waals surface area contributed by atoms with E-state index in [2.05, 4.69) is 44.9 Å². The minimum absolute atomic E-state index is 0.415. The van der Waals surface area contributed by atoms with Crippen molar-refractivity contribution in [2.24, 2.45) is 21.7 Å². The smallest absolute Gasteiger partial charge is 0.156 e. The number of hydrogen-bond donors (Lipinski definition) is 1. The van der Waals surface area contributed by atoms with Crippen molar-refractivity contribution in [2.75, 3.05) is 13.1 Å². The molecule has 1 heterocycles. The van der Waals surface area contributed by atoms with E-state index in [0.717, 1.165) is 19.0 Å². The van der Waals surface area contributed by atoms with Gasteiger partial charge in [-0.1, -0.05) is 46.4 Å². The Kier molecular flexibility index (Phi) is 4.01. The van der Waals surface area contributed by atoms with Crippen LogP contribution >= 0.6 is 11.8 Å². The first-order chi connectivity index (χ1) is 8.31. The Morgan fingerprint density at radius 2 is 2.06 bits per heavy atom. The third kappa shape index (κ3) is 3.66. The summed E-state index contributed by atoms with van der Waals surface area (Å²) in [5.41, 5.74) is 0.990. The van der Waals surface area contributed by atoms with E-state index in [4.69, 9.17) is 0 Å². The van der Waals surface area contributed by atoms with Gasteiger partial charge in [0.1, 0.15) is 0 Å². The third-order valence-corrected chi connectivity index (χ3v) is 5.41. The Morgan fingerprint density at radius 3 is 2.56 bits per heavy atom. The summed E-state index contributed by atoms with van der Waals surface area (Å²) in [6.07, 6.45) is 4.03. The van der Waals surface area contributed by atoms with E-state index in [-0.39, 0.29) is 0 Å². The van der Waals surface area contributed by atoms with Crippen LogP contribution in [0.1, 0.15) is 53.9 Å². The van der Waals surface area contributed by atoms with Crippen molar-refractivity contribution in [1.29, 1.82) is 0 Å². The number of nitrogens with zero attached hydrogens (tertiary/aromatic N) is 1. The molecule has 2 rings (SSSR count). The summed E-state index contributed by atoms with van der Waals surface area (Å²) in [5.74, 6) is 0.794. The maximum Gasteiger partial charge on any atom is 0.156 e. The van der Waals surface area contributed by atoms with Gasteiger partial charge >= 0.3 is 0 Å². The molecule has 0 aromatic heterocycles. The van der Waals surface area contributed by atoms with Crippen LogP contribution in [-0.2, 0) is 0 Å². The summed E-state index contributed by atoms with van der Waals surface area (Å²) >= 11 is 1.96. The Labute approximate surface area is 116 Å². The van der Waals surface area contributed by atoms with Crippen LogP contribution in [0.4, 0.5) is 0 Å². The fraction of sp³-hybridized carbons (Fsp3) is 0.933. The molecule has 0 aromatic carbocycles. The zero-order valence-corrected chi connectivity index (χ0v) is 13.4. The van der Waals surface area contributed by atoms with Crippen molar-refractivity contribution in [3.05, 3.63) is 0 Å². The molecule has 2 nitrogen and oxygen atoms in total. The maximum absolute atomic E-state index is 4.66. The van der Waals surface area contributed by atoms with Crippen molar-refractivity contribution in [2.45, 2.75) is 59.1 Å². The van der Waals surface area contributed by atoms with E-state index < -0.39 is 0 Å². The highest BCUT2D eigenvalue weighted by Crippen LogP contribution is 2.51. The van der Waals surface area contributed by atoms with Crippen molar-refractivity contribution in [3.8, 4) is 0 Å². The molecule has 1 N–H and O–H groups in total. The number of rotatable bonds is 4. The maximum atomic E-state index is 4.66. The fourth-order valence-corrected chi connectivity index (χ4v) is 4.03. The molecular weight excluding hydrogens is 240 g/mol. The summed E-state index contributed by atoms with van der Waals surface area (Å²) in [4.78, 5) is 4.66. The fourth-order valence-electron chi connectivity index (χ4n) is 2.67. The highest BCUT2D eigenvalue weighted by Gasteiger charge is 2.45. The molecule has 2 aliphatic rings. The highest BCUT2D eigenvalue weighted by atomic mass is 32.2. The molecule has 1 aliphatic carbocycles. The van der Waals surface area contributed by atoms with Gasteiger partial charge in [0.05, 0.1) is 6.54 Å². The summed E-state index contributed by atoms with van der Waals surface area (Å²) in [7, 11) is 0. The van der Waals surface area contributed by atoms with E-state index in [1.807, 2.05) is 11.8 Å². The summed E-state index contributed by atoms with van der Waals surface area (Å²) < 4.78 is 0. The minimum atomic E-state index is 0.415. The van der Waals surface area contributed by atoms with Gasteiger partial charge in [-0.25, -0.2) is 0 Å². The Morgan fingerprint density at radius 1 is 1.39 bits per heavy atom. The topological polar surface area (TPSA) is 24.4 Å². The molecule has 0 radical (unpaired) electrons. The molecule has 0 amide bonds. The lowest BCUT2D eigenvalue weighted by Crippen LogP contribution is -2.30. The van der Waals surface area contributed by atoms with Crippen LogP contribution < -0.4 is 5.32 Å². The van der Waals surface area contributed by atoms with Crippen LogP contribution in [0.5, 0.6) is 0 Å². The van der Waals surface area contributed by atoms with Crippen molar-refractivity contribution >= 4 is 16.9 Å². The highest BCUT2D eigenvalue weighted by molar-refractivity contribution is 8.14.